The third-order valence-electron chi connectivity index (χ3n) is 5.23. The van der Waals surface area contributed by atoms with Crippen LogP contribution in [0.2, 0.25) is 0 Å². The zero-order valence-electron chi connectivity index (χ0n) is 27.8. The van der Waals surface area contributed by atoms with E-state index in [-0.39, 0.29) is 17.9 Å². The lowest BCUT2D eigenvalue weighted by atomic mass is 10.1. The zero-order chi connectivity index (χ0) is 32.4. The Bertz CT molecular complexity index is 736. The number of hydrogen-bond donors (Lipinski definition) is 3. The van der Waals surface area contributed by atoms with Crippen LogP contribution in [-0.2, 0) is 51.2 Å². The van der Waals surface area contributed by atoms with Crippen LogP contribution < -0.4 is 16.0 Å². The van der Waals surface area contributed by atoms with Crippen molar-refractivity contribution in [3.63, 3.8) is 0 Å². The molecular weight excluding hydrogens is 560 g/mol. The number of aromatic nitrogens is 3. The molecule has 14 heteroatoms. The van der Waals surface area contributed by atoms with Gasteiger partial charge in [-0.1, -0.05) is 39.8 Å². The van der Waals surface area contributed by atoms with E-state index in [4.69, 9.17) is 28.4 Å². The Hall–Kier alpha value is -2.20. The van der Waals surface area contributed by atoms with Crippen LogP contribution in [0.1, 0.15) is 59.6 Å². The van der Waals surface area contributed by atoms with Crippen LogP contribution in [0, 0.1) is 0 Å². The molecule has 14 nitrogen and oxygen atoms in total. The molecule has 254 valence electrons. The number of carbonyl (C=O) groups is 2. The molecule has 1 aromatic rings. The van der Waals surface area contributed by atoms with Gasteiger partial charge in [-0.2, -0.15) is 0 Å². The molecular formula is C29H60N6O8. The smallest absolute Gasteiger partial charge is 0.234 e. The summed E-state index contributed by atoms with van der Waals surface area (Å²) in [4.78, 5) is 22.2. The minimum Gasteiger partial charge on any atom is -0.382 e. The van der Waals surface area contributed by atoms with Gasteiger partial charge in [0.25, 0.3) is 0 Å². The maximum absolute atomic E-state index is 11.2. The number of ether oxygens (including phenoxy) is 6. The molecule has 43 heavy (non-hydrogen) atoms. The van der Waals surface area contributed by atoms with E-state index in [1.165, 1.54) is 0 Å². The summed E-state index contributed by atoms with van der Waals surface area (Å²) in [7, 11) is 3.36. The predicted octanol–water partition coefficient (Wildman–Crippen LogP) is 1.57. The normalized spacial score (nSPS) is 13.8. The Morgan fingerprint density at radius 1 is 0.953 bits per heavy atom. The van der Waals surface area contributed by atoms with E-state index in [1.807, 2.05) is 40.8 Å². The van der Waals surface area contributed by atoms with E-state index in [9.17, 15) is 9.59 Å². The highest BCUT2D eigenvalue weighted by Crippen LogP contribution is 2.05. The van der Waals surface area contributed by atoms with Gasteiger partial charge in [-0.25, -0.2) is 4.68 Å². The molecule has 0 aromatic carbocycles. The van der Waals surface area contributed by atoms with Crippen LogP contribution in [0.15, 0.2) is 6.20 Å². The first-order chi connectivity index (χ1) is 21.1. The largest absolute Gasteiger partial charge is 0.382 e. The van der Waals surface area contributed by atoms with E-state index in [0.29, 0.717) is 92.1 Å². The number of nitrogens with zero attached hydrogens (tertiary/aromatic N) is 3. The second kappa shape index (κ2) is 34.3. The second-order valence-corrected chi connectivity index (χ2v) is 8.57. The summed E-state index contributed by atoms with van der Waals surface area (Å²) in [6.07, 6.45) is 4.51. The molecule has 2 rings (SSSR count). The fourth-order valence-corrected chi connectivity index (χ4v) is 3.20. The van der Waals surface area contributed by atoms with Crippen molar-refractivity contribution in [3.8, 4) is 0 Å². The summed E-state index contributed by atoms with van der Waals surface area (Å²) in [5.74, 6) is 0.0679. The van der Waals surface area contributed by atoms with Gasteiger partial charge in [0.15, 0.2) is 0 Å². The molecule has 3 N–H and O–H groups in total. The molecule has 1 atom stereocenters. The van der Waals surface area contributed by atoms with Crippen LogP contribution in [0.3, 0.4) is 0 Å². The quantitative estimate of drug-likeness (QED) is 0.172. The van der Waals surface area contributed by atoms with Gasteiger partial charge in [-0.05, 0) is 19.9 Å². The molecule has 1 fully saturated rings. The molecule has 0 radical (unpaired) electrons. The third-order valence-corrected chi connectivity index (χ3v) is 5.23. The molecule has 1 aliphatic rings. The first-order valence-corrected chi connectivity index (χ1v) is 15.6. The molecule has 1 saturated heterocycles. The molecule has 0 bridgehead atoms. The van der Waals surface area contributed by atoms with Crippen molar-refractivity contribution >= 4 is 11.8 Å². The SMILES string of the molecule is CC.CC.CCC(=O)NC1CCCOC1.CNCC(=O)NCCOCc1cn(CCOCCOCCOCCOC)nn1. The molecule has 0 saturated carbocycles. The fourth-order valence-electron chi connectivity index (χ4n) is 3.20. The maximum atomic E-state index is 11.2. The topological polar surface area (TPSA) is 156 Å². The van der Waals surface area contributed by atoms with Crippen molar-refractivity contribution in [1.29, 1.82) is 0 Å². The van der Waals surface area contributed by atoms with E-state index in [2.05, 4.69) is 26.3 Å². The Balaban J connectivity index is 0. The summed E-state index contributed by atoms with van der Waals surface area (Å²) < 4.78 is 33.4. The van der Waals surface area contributed by atoms with Gasteiger partial charge in [-0.15, -0.1) is 5.10 Å². The lowest BCUT2D eigenvalue weighted by molar-refractivity contribution is -0.122. The highest BCUT2D eigenvalue weighted by molar-refractivity contribution is 5.77. The summed E-state index contributed by atoms with van der Waals surface area (Å²) in [6, 6.07) is 0.260. The Morgan fingerprint density at radius 3 is 2.19 bits per heavy atom. The minimum atomic E-state index is -0.0575. The fraction of sp³-hybridized carbons (Fsp3) is 0.862. The van der Waals surface area contributed by atoms with Crippen molar-refractivity contribution in [2.45, 2.75) is 73.1 Å². The molecule has 0 aliphatic carbocycles. The Morgan fingerprint density at radius 2 is 1.60 bits per heavy atom. The highest BCUT2D eigenvalue weighted by Gasteiger charge is 2.14. The van der Waals surface area contributed by atoms with Gasteiger partial charge in [0.05, 0.1) is 91.4 Å². The summed E-state index contributed by atoms with van der Waals surface area (Å²) in [6.45, 7) is 17.3. The number of carbonyl (C=O) groups excluding carboxylic acids is 2. The lowest BCUT2D eigenvalue weighted by Gasteiger charge is -2.22. The van der Waals surface area contributed by atoms with Crippen molar-refractivity contribution in [2.24, 2.45) is 0 Å². The van der Waals surface area contributed by atoms with E-state index in [1.54, 1.807) is 18.8 Å². The van der Waals surface area contributed by atoms with Crippen molar-refractivity contribution in [3.05, 3.63) is 11.9 Å². The average Bonchev–Trinajstić information content (AvgIpc) is 3.50. The first kappa shape index (κ1) is 42.9. The van der Waals surface area contributed by atoms with Crippen LogP contribution in [0.5, 0.6) is 0 Å². The van der Waals surface area contributed by atoms with Crippen LogP contribution in [0.4, 0.5) is 0 Å². The predicted molar refractivity (Wildman–Crippen MR) is 166 cm³/mol. The molecule has 1 aromatic heterocycles. The number of amides is 2. The number of methoxy groups -OCH3 is 1. The number of hydrogen-bond acceptors (Lipinski definition) is 11. The first-order valence-electron chi connectivity index (χ1n) is 15.6. The van der Waals surface area contributed by atoms with Gasteiger partial charge in [0.2, 0.25) is 11.8 Å². The third kappa shape index (κ3) is 28.3. The average molecular weight is 621 g/mol. The van der Waals surface area contributed by atoms with Gasteiger partial charge in [-0.3, -0.25) is 9.59 Å². The van der Waals surface area contributed by atoms with Crippen LogP contribution in [-0.4, -0.2) is 126 Å². The maximum Gasteiger partial charge on any atom is 0.234 e. The molecule has 2 heterocycles. The Labute approximate surface area is 259 Å². The summed E-state index contributed by atoms with van der Waals surface area (Å²) >= 11 is 0. The number of rotatable bonds is 21. The lowest BCUT2D eigenvalue weighted by Crippen LogP contribution is -2.40. The van der Waals surface area contributed by atoms with Crippen LogP contribution in [0.25, 0.3) is 0 Å². The van der Waals surface area contributed by atoms with Gasteiger partial charge in [0, 0.05) is 26.7 Å². The molecule has 1 aliphatic heterocycles. The highest BCUT2D eigenvalue weighted by atomic mass is 16.6. The standard InChI is InChI=1S/C17H33N5O6.C8H15NO2.2C2H6/c1-18-13-17(23)19-3-5-28-15-16-14-22(21-20-16)4-6-25-9-10-27-12-11-26-8-7-24-2;1-2-8(10)9-7-4-3-5-11-6-7;2*1-2/h14,18H,3-13,15H2,1-2H3,(H,19,23);7H,2-6H2,1H3,(H,9,10);2*1-2H3. The summed E-state index contributed by atoms with van der Waals surface area (Å²) in [5.41, 5.74) is 0.735. The molecule has 0 spiro atoms. The molecule has 1 unspecified atom stereocenters. The Kier molecular flexibility index (Phi) is 34.2. The molecule has 2 amide bonds. The van der Waals surface area contributed by atoms with Gasteiger partial charge >= 0.3 is 0 Å². The van der Waals surface area contributed by atoms with Gasteiger partial charge < -0.3 is 44.4 Å². The number of nitrogens with one attached hydrogen (secondary N) is 3. The van der Waals surface area contributed by atoms with Crippen molar-refractivity contribution in [2.75, 3.05) is 93.3 Å². The monoisotopic (exact) mass is 620 g/mol. The van der Waals surface area contributed by atoms with Crippen molar-refractivity contribution in [1.82, 2.24) is 30.9 Å². The van der Waals surface area contributed by atoms with E-state index >= 15 is 0 Å². The van der Waals surface area contributed by atoms with Crippen molar-refractivity contribution < 1.29 is 38.0 Å². The zero-order valence-corrected chi connectivity index (χ0v) is 27.8. The van der Waals surface area contributed by atoms with Gasteiger partial charge in [0.1, 0.15) is 5.69 Å². The summed E-state index contributed by atoms with van der Waals surface area (Å²) in [5, 5.41) is 16.5. The minimum absolute atomic E-state index is 0.0575. The van der Waals surface area contributed by atoms with E-state index < -0.39 is 0 Å². The number of likely N-dealkylation sites (N-methyl/N-ethyl adjacent to an activating group) is 1. The second-order valence-electron chi connectivity index (χ2n) is 8.57. The van der Waals surface area contributed by atoms with Crippen LogP contribution >= 0.6 is 0 Å². The van der Waals surface area contributed by atoms with E-state index in [0.717, 1.165) is 25.1 Å².